The maximum absolute atomic E-state index is 17.6. The second kappa shape index (κ2) is 19.0. The van der Waals surface area contributed by atoms with Gasteiger partial charge in [-0.3, -0.25) is 0 Å². The first-order chi connectivity index (χ1) is 29.2. The third kappa shape index (κ3) is 8.24. The number of allylic oxidation sites excluding steroid dienone is 12. The minimum atomic E-state index is -5.11. The molecular weight excluding hydrogens is 808 g/mol. The van der Waals surface area contributed by atoms with Gasteiger partial charge in [-0.1, -0.05) is 0 Å². The van der Waals surface area contributed by atoms with E-state index < -0.39 is 50.7 Å². The topological polar surface area (TPSA) is 40.6 Å². The summed E-state index contributed by atoms with van der Waals surface area (Å²) >= 11 is -5.11. The van der Waals surface area contributed by atoms with Gasteiger partial charge < -0.3 is 0 Å². The zero-order chi connectivity index (χ0) is 44.3. The summed E-state index contributed by atoms with van der Waals surface area (Å²) < 4.78 is 71.1. The van der Waals surface area contributed by atoms with Crippen LogP contribution >= 0.6 is 0 Å². The van der Waals surface area contributed by atoms with E-state index in [1.54, 1.807) is 38.2 Å². The molecule has 4 aliphatic rings. The van der Waals surface area contributed by atoms with Gasteiger partial charge in [0, 0.05) is 0 Å². The Hall–Kier alpha value is -4.27. The number of rotatable bonds is 20. The average molecular weight is 871 g/mol. The molecule has 4 nitrogen and oxygen atoms in total. The Morgan fingerprint density at radius 2 is 0.984 bits per heavy atom. The second-order valence-corrected chi connectivity index (χ2v) is 23.6. The molecule has 0 unspecified atom stereocenters. The van der Waals surface area contributed by atoms with E-state index in [2.05, 4.69) is 26.3 Å². The van der Waals surface area contributed by atoms with Crippen LogP contribution in [-0.2, 0) is 39.0 Å². The second-order valence-electron chi connectivity index (χ2n) is 17.8. The van der Waals surface area contributed by atoms with Gasteiger partial charge in [-0.2, -0.15) is 0 Å². The first kappa shape index (κ1) is 46.2. The molecule has 2 fully saturated rings. The summed E-state index contributed by atoms with van der Waals surface area (Å²) in [5.74, 6) is -2.96. The molecule has 0 saturated carbocycles. The number of hydrogen-bond donors (Lipinski definition) is 0. The molecule has 0 atom stereocenters. The molecule has 0 N–H and O–H groups in total. The van der Waals surface area contributed by atoms with E-state index in [9.17, 15) is 9.59 Å². The van der Waals surface area contributed by atoms with Crippen LogP contribution in [-0.4, -0.2) is 47.8 Å². The van der Waals surface area contributed by atoms with Crippen molar-refractivity contribution in [2.75, 3.05) is 26.2 Å². The molecule has 2 aromatic rings. The minimum absolute atomic E-state index is 0.0545. The van der Waals surface area contributed by atoms with E-state index >= 15 is 17.6 Å². The molecule has 2 aliphatic carbocycles. The molecular formula is C52H62F4N2O2Ti. The van der Waals surface area contributed by atoms with Crippen LogP contribution in [0.3, 0.4) is 0 Å². The number of likely N-dealkylation sites (tertiary alicyclic amines) is 2. The Balaban J connectivity index is 1.37. The summed E-state index contributed by atoms with van der Waals surface area (Å²) in [5, 5.41) is 0. The third-order valence-electron chi connectivity index (χ3n) is 14.2. The quantitative estimate of drug-likeness (QED) is 0.0756. The number of benzene rings is 2. The SMILES string of the molecule is C=CCC1(CC=C)CCN(CCCc2cc(F)[c]([Ti]([C]3=C(C)C=CC3)([C]3=C(C)C=CC3)[c]3c(F)cc(CCCN4CCC(CC=C)(CC=C)C4=O)c(C)c3F)c(F)c2C)C1=O. The fourth-order valence-electron chi connectivity index (χ4n) is 10.9. The van der Waals surface area contributed by atoms with E-state index in [0.29, 0.717) is 114 Å². The van der Waals surface area contributed by atoms with Crippen molar-refractivity contribution in [3.8, 4) is 0 Å². The van der Waals surface area contributed by atoms with E-state index in [1.807, 2.05) is 48.0 Å². The van der Waals surface area contributed by atoms with E-state index in [-0.39, 0.29) is 30.7 Å². The van der Waals surface area contributed by atoms with Crippen LogP contribution in [0.5, 0.6) is 0 Å². The third-order valence-corrected chi connectivity index (χ3v) is 22.7. The van der Waals surface area contributed by atoms with Gasteiger partial charge in [0.25, 0.3) is 0 Å². The zero-order valence-corrected chi connectivity index (χ0v) is 38.2. The van der Waals surface area contributed by atoms with Crippen molar-refractivity contribution in [1.29, 1.82) is 0 Å². The first-order valence-electron chi connectivity index (χ1n) is 21.9. The van der Waals surface area contributed by atoms with Crippen LogP contribution in [0.4, 0.5) is 17.6 Å². The number of hydrogen-bond acceptors (Lipinski definition) is 2. The van der Waals surface area contributed by atoms with Crippen LogP contribution in [0.15, 0.2) is 106 Å². The van der Waals surface area contributed by atoms with Crippen LogP contribution in [0.2, 0.25) is 0 Å². The predicted octanol–water partition coefficient (Wildman–Crippen LogP) is 11.0. The van der Waals surface area contributed by atoms with Crippen molar-refractivity contribution in [3.63, 3.8) is 0 Å². The van der Waals surface area contributed by atoms with Crippen molar-refractivity contribution < 1.29 is 43.7 Å². The van der Waals surface area contributed by atoms with Crippen molar-refractivity contribution in [2.45, 2.75) is 105 Å². The molecule has 2 aliphatic heterocycles. The summed E-state index contributed by atoms with van der Waals surface area (Å²) in [6, 6.07) is 2.76. The molecule has 0 bridgehead atoms. The van der Waals surface area contributed by atoms with E-state index in [0.717, 1.165) is 18.9 Å². The number of nitrogens with zero attached hydrogens (tertiary/aromatic N) is 2. The Morgan fingerprint density at radius 1 is 0.623 bits per heavy atom. The van der Waals surface area contributed by atoms with Gasteiger partial charge in [0.1, 0.15) is 0 Å². The molecule has 0 spiro atoms. The summed E-state index contributed by atoms with van der Waals surface area (Å²) in [6.45, 7) is 24.5. The Bertz CT molecular complexity index is 2090. The molecule has 2 amide bonds. The fourth-order valence-corrected chi connectivity index (χ4v) is 20.2. The molecule has 2 saturated heterocycles. The van der Waals surface area contributed by atoms with Crippen molar-refractivity contribution in [1.82, 2.24) is 9.80 Å². The maximum atomic E-state index is 17.6. The van der Waals surface area contributed by atoms with Crippen LogP contribution in [0.25, 0.3) is 0 Å². The summed E-state index contributed by atoms with van der Waals surface area (Å²) in [7, 11) is 0. The summed E-state index contributed by atoms with van der Waals surface area (Å²) in [6.07, 6.45) is 20.7. The zero-order valence-electron chi connectivity index (χ0n) is 36.6. The van der Waals surface area contributed by atoms with Gasteiger partial charge in [0.05, 0.1) is 0 Å². The Kier molecular flexibility index (Phi) is 14.4. The van der Waals surface area contributed by atoms with Gasteiger partial charge >= 0.3 is 340 Å². The molecule has 9 heteroatoms. The monoisotopic (exact) mass is 870 g/mol. The molecule has 0 radical (unpaired) electrons. The molecule has 61 heavy (non-hydrogen) atoms. The van der Waals surface area contributed by atoms with Gasteiger partial charge in [-0.15, -0.1) is 26.3 Å². The average Bonchev–Trinajstić information content (AvgIpc) is 4.00. The molecule has 6 rings (SSSR count). The van der Waals surface area contributed by atoms with Gasteiger partial charge in [-0.05, 0) is 0 Å². The summed E-state index contributed by atoms with van der Waals surface area (Å²) in [4.78, 5) is 30.7. The summed E-state index contributed by atoms with van der Waals surface area (Å²) in [5.41, 5.74) is 1.96. The number of aryl methyl sites for hydroxylation is 2. The standard InChI is InChI=1S/2C20H24F2NO.2C6H7.Ti/c2*1-4-8-20(9-5-2)10-12-23(19(20)24)11-6-7-16-13-17(21)14-18(22)15(16)3;2*1-6-4-2-3-5-6;/h2*4-5,13H,1-2,6-12H2,3H3;2*2,4H,3H2,1H3;. The van der Waals surface area contributed by atoms with Gasteiger partial charge in [0.15, 0.2) is 0 Å². The number of amides is 2. The molecule has 0 aromatic heterocycles. The fraction of sp³-hybridized carbons (Fsp3) is 0.423. The molecule has 324 valence electrons. The Morgan fingerprint density at radius 3 is 1.30 bits per heavy atom. The van der Waals surface area contributed by atoms with E-state index in [1.165, 1.54) is 12.1 Å². The van der Waals surface area contributed by atoms with Crippen LogP contribution in [0, 0.1) is 47.9 Å². The number of carbonyl (C=O) groups excluding carboxylic acids is 2. The number of halogens is 4. The molecule has 2 heterocycles. The van der Waals surface area contributed by atoms with Crippen molar-refractivity contribution in [3.05, 3.63) is 151 Å². The van der Waals surface area contributed by atoms with Crippen molar-refractivity contribution >= 4 is 19.6 Å². The van der Waals surface area contributed by atoms with Gasteiger partial charge in [0.2, 0.25) is 0 Å². The molecule has 2 aromatic carbocycles. The number of carbonyl (C=O) groups is 2. The predicted molar refractivity (Wildman–Crippen MR) is 238 cm³/mol. The van der Waals surface area contributed by atoms with E-state index in [4.69, 9.17) is 0 Å². The van der Waals surface area contributed by atoms with Crippen LogP contribution < -0.4 is 7.74 Å². The van der Waals surface area contributed by atoms with Gasteiger partial charge in [-0.25, -0.2) is 0 Å². The Labute approximate surface area is 364 Å². The van der Waals surface area contributed by atoms with Crippen LogP contribution in [0.1, 0.15) is 100 Å². The normalized spacial score (nSPS) is 18.4. The van der Waals surface area contributed by atoms with Crippen molar-refractivity contribution in [2.24, 2.45) is 10.8 Å². The first-order valence-corrected chi connectivity index (χ1v) is 25.0.